The number of nitrogens with one attached hydrogen (secondary N) is 1. The molecular formula is C24H35ClN4O3. The molecule has 2 rings (SSSR count). The van der Waals surface area contributed by atoms with E-state index in [1.807, 2.05) is 45.9 Å². The minimum Gasteiger partial charge on any atom is -0.444 e. The number of piperazine rings is 1. The summed E-state index contributed by atoms with van der Waals surface area (Å²) < 4.78 is 5.39. The third-order valence-corrected chi connectivity index (χ3v) is 5.36. The molecular weight excluding hydrogens is 428 g/mol. The standard InChI is InChI=1S/C24H35ClN4O3/c1-7-27(8-2)21-17-19(11-12-20(21)25)10-9-18(3)26-22(30)28-13-15-29(16-14-28)23(31)32-24(4,5)6/h11-12,17-18H,7-8,13-16H2,1-6H3,(H,26,30). The van der Waals surface area contributed by atoms with Gasteiger partial charge in [0.1, 0.15) is 5.60 Å². The zero-order chi connectivity index (χ0) is 23.9. The number of carbonyl (C=O) groups is 2. The van der Waals surface area contributed by atoms with Crippen LogP contribution in [0.3, 0.4) is 0 Å². The molecule has 7 nitrogen and oxygen atoms in total. The van der Waals surface area contributed by atoms with E-state index in [4.69, 9.17) is 16.3 Å². The predicted octanol–water partition coefficient (Wildman–Crippen LogP) is 4.19. The van der Waals surface area contributed by atoms with E-state index < -0.39 is 5.60 Å². The van der Waals surface area contributed by atoms with Crippen LogP contribution in [0.4, 0.5) is 15.3 Å². The van der Waals surface area contributed by atoms with E-state index in [0.717, 1.165) is 24.3 Å². The lowest BCUT2D eigenvalue weighted by molar-refractivity contribution is 0.0169. The Labute approximate surface area is 197 Å². The summed E-state index contributed by atoms with van der Waals surface area (Å²) in [5, 5.41) is 3.62. The van der Waals surface area contributed by atoms with Crippen LogP contribution in [0.2, 0.25) is 5.02 Å². The number of halogens is 1. The quantitative estimate of drug-likeness (QED) is 0.681. The van der Waals surface area contributed by atoms with Crippen LogP contribution in [0.1, 0.15) is 47.1 Å². The average molecular weight is 463 g/mol. The van der Waals surface area contributed by atoms with Crippen molar-refractivity contribution >= 4 is 29.4 Å². The molecule has 0 spiro atoms. The highest BCUT2D eigenvalue weighted by atomic mass is 35.5. The summed E-state index contributed by atoms with van der Waals surface area (Å²) in [6.07, 6.45) is -0.344. The van der Waals surface area contributed by atoms with Crippen molar-refractivity contribution in [3.8, 4) is 11.8 Å². The lowest BCUT2D eigenvalue weighted by Gasteiger charge is -2.35. The summed E-state index contributed by atoms with van der Waals surface area (Å²) in [5.74, 6) is 6.22. The highest BCUT2D eigenvalue weighted by molar-refractivity contribution is 6.33. The molecule has 32 heavy (non-hydrogen) atoms. The third-order valence-electron chi connectivity index (χ3n) is 5.04. The molecule has 1 unspecified atom stereocenters. The van der Waals surface area contributed by atoms with E-state index in [0.29, 0.717) is 31.2 Å². The molecule has 1 aromatic rings. The first-order valence-electron chi connectivity index (χ1n) is 11.1. The van der Waals surface area contributed by atoms with Crippen molar-refractivity contribution in [2.45, 2.75) is 53.2 Å². The number of benzene rings is 1. The van der Waals surface area contributed by atoms with Crippen molar-refractivity contribution in [3.63, 3.8) is 0 Å². The Morgan fingerprint density at radius 2 is 1.75 bits per heavy atom. The fraction of sp³-hybridized carbons (Fsp3) is 0.583. The van der Waals surface area contributed by atoms with E-state index in [9.17, 15) is 9.59 Å². The second-order valence-electron chi connectivity index (χ2n) is 8.73. The van der Waals surface area contributed by atoms with E-state index >= 15 is 0 Å². The van der Waals surface area contributed by atoms with Gasteiger partial charge in [0.05, 0.1) is 16.8 Å². The molecule has 1 saturated heterocycles. The summed E-state index contributed by atoms with van der Waals surface area (Å²) >= 11 is 6.34. The molecule has 0 radical (unpaired) electrons. The van der Waals surface area contributed by atoms with Gasteiger partial charge in [0.25, 0.3) is 0 Å². The topological polar surface area (TPSA) is 65.1 Å². The summed E-state index contributed by atoms with van der Waals surface area (Å²) in [6.45, 7) is 15.1. The van der Waals surface area contributed by atoms with Crippen LogP contribution in [0, 0.1) is 11.8 Å². The van der Waals surface area contributed by atoms with Crippen molar-refractivity contribution in [1.29, 1.82) is 0 Å². The Morgan fingerprint density at radius 1 is 1.16 bits per heavy atom. The minimum atomic E-state index is -0.532. The Morgan fingerprint density at radius 3 is 2.31 bits per heavy atom. The zero-order valence-electron chi connectivity index (χ0n) is 20.0. The van der Waals surface area contributed by atoms with Crippen LogP contribution in [0.5, 0.6) is 0 Å². The van der Waals surface area contributed by atoms with Crippen molar-refractivity contribution < 1.29 is 14.3 Å². The van der Waals surface area contributed by atoms with Gasteiger partial charge < -0.3 is 24.8 Å². The summed E-state index contributed by atoms with van der Waals surface area (Å²) in [7, 11) is 0. The van der Waals surface area contributed by atoms with Crippen LogP contribution in [0.15, 0.2) is 18.2 Å². The van der Waals surface area contributed by atoms with Crippen LogP contribution in [-0.2, 0) is 4.74 Å². The molecule has 1 N–H and O–H groups in total. The molecule has 1 aliphatic rings. The monoisotopic (exact) mass is 462 g/mol. The van der Waals surface area contributed by atoms with Gasteiger partial charge in [-0.25, -0.2) is 9.59 Å². The fourth-order valence-corrected chi connectivity index (χ4v) is 3.56. The largest absolute Gasteiger partial charge is 0.444 e. The van der Waals surface area contributed by atoms with E-state index in [-0.39, 0.29) is 18.2 Å². The maximum atomic E-state index is 12.6. The van der Waals surface area contributed by atoms with E-state index in [1.54, 1.807) is 9.80 Å². The van der Waals surface area contributed by atoms with Crippen molar-refractivity contribution in [3.05, 3.63) is 28.8 Å². The number of hydrogen-bond donors (Lipinski definition) is 1. The second-order valence-corrected chi connectivity index (χ2v) is 9.14. The van der Waals surface area contributed by atoms with Gasteiger partial charge in [0.2, 0.25) is 0 Å². The number of urea groups is 1. The molecule has 0 saturated carbocycles. The van der Waals surface area contributed by atoms with E-state index in [1.165, 1.54) is 0 Å². The highest BCUT2D eigenvalue weighted by Crippen LogP contribution is 2.26. The molecule has 1 heterocycles. The normalized spacial score (nSPS) is 14.8. The Balaban J connectivity index is 1.90. The first-order chi connectivity index (χ1) is 15.0. The number of anilines is 1. The van der Waals surface area contributed by atoms with Crippen LogP contribution < -0.4 is 10.2 Å². The molecule has 176 valence electrons. The smallest absolute Gasteiger partial charge is 0.410 e. The minimum absolute atomic E-state index is 0.185. The maximum Gasteiger partial charge on any atom is 0.410 e. The first-order valence-corrected chi connectivity index (χ1v) is 11.5. The van der Waals surface area contributed by atoms with Gasteiger partial charge in [0, 0.05) is 44.8 Å². The molecule has 1 aromatic carbocycles. The van der Waals surface area contributed by atoms with Gasteiger partial charge in [-0.2, -0.15) is 0 Å². The molecule has 1 atom stereocenters. The van der Waals surface area contributed by atoms with Gasteiger partial charge in [-0.1, -0.05) is 23.4 Å². The van der Waals surface area contributed by atoms with Gasteiger partial charge in [-0.3, -0.25) is 0 Å². The number of hydrogen-bond acceptors (Lipinski definition) is 4. The third kappa shape index (κ3) is 7.52. The van der Waals surface area contributed by atoms with Gasteiger partial charge in [0.15, 0.2) is 0 Å². The molecule has 0 aliphatic carbocycles. The van der Waals surface area contributed by atoms with Crippen LogP contribution in [0.25, 0.3) is 0 Å². The Kier molecular flexibility index (Phi) is 9.09. The molecule has 0 aromatic heterocycles. The molecule has 0 bridgehead atoms. The summed E-state index contributed by atoms with van der Waals surface area (Å²) in [4.78, 5) is 30.2. The van der Waals surface area contributed by atoms with Crippen molar-refractivity contribution in [1.82, 2.24) is 15.1 Å². The molecule has 1 aliphatic heterocycles. The average Bonchev–Trinajstić information content (AvgIpc) is 2.73. The lowest BCUT2D eigenvalue weighted by atomic mass is 10.1. The zero-order valence-corrected chi connectivity index (χ0v) is 20.8. The SMILES string of the molecule is CCN(CC)c1cc(C#CC(C)NC(=O)N2CCN(C(=O)OC(C)(C)C)CC2)ccc1Cl. The van der Waals surface area contributed by atoms with Crippen LogP contribution >= 0.6 is 11.6 Å². The Bertz CT molecular complexity index is 860. The number of nitrogens with zero attached hydrogens (tertiary/aromatic N) is 3. The Hall–Kier alpha value is -2.59. The first kappa shape index (κ1) is 25.7. The van der Waals surface area contributed by atoms with Crippen molar-refractivity contribution in [2.24, 2.45) is 0 Å². The van der Waals surface area contributed by atoms with Crippen molar-refractivity contribution in [2.75, 3.05) is 44.2 Å². The maximum absolute atomic E-state index is 12.6. The lowest BCUT2D eigenvalue weighted by Crippen LogP contribution is -2.54. The molecule has 8 heteroatoms. The van der Waals surface area contributed by atoms with Gasteiger partial charge >= 0.3 is 12.1 Å². The summed E-state index contributed by atoms with van der Waals surface area (Å²) in [5.41, 5.74) is 1.28. The number of carbonyl (C=O) groups excluding carboxylic acids is 2. The molecule has 1 fully saturated rings. The summed E-state index contributed by atoms with van der Waals surface area (Å²) in [6, 6.07) is 5.21. The number of ether oxygens (including phenoxy) is 1. The number of rotatable bonds is 4. The molecule has 3 amide bonds. The highest BCUT2D eigenvalue weighted by Gasteiger charge is 2.27. The number of amides is 3. The van der Waals surface area contributed by atoms with Crippen LogP contribution in [-0.4, -0.2) is 72.8 Å². The predicted molar refractivity (Wildman–Crippen MR) is 129 cm³/mol. The fourth-order valence-electron chi connectivity index (χ4n) is 3.32. The van der Waals surface area contributed by atoms with E-state index in [2.05, 4.69) is 35.9 Å². The van der Waals surface area contributed by atoms with Gasteiger partial charge in [-0.05, 0) is 59.7 Å². The van der Waals surface area contributed by atoms with Gasteiger partial charge in [-0.15, -0.1) is 0 Å². The second kappa shape index (κ2) is 11.3.